The fraction of sp³-hybridized carbons (Fsp3) is 0.382. The highest BCUT2D eigenvalue weighted by Crippen LogP contribution is 2.51. The number of nitrogens with zero attached hydrogens (tertiary/aromatic N) is 3. The van der Waals surface area contributed by atoms with Gasteiger partial charge in [-0.05, 0) is 83.9 Å². The first-order valence-corrected chi connectivity index (χ1v) is 15.1. The van der Waals surface area contributed by atoms with Crippen molar-refractivity contribution in [3.05, 3.63) is 80.2 Å². The number of thiazole rings is 1. The van der Waals surface area contributed by atoms with Crippen LogP contribution in [0.2, 0.25) is 0 Å². The minimum absolute atomic E-state index is 0.0530. The Balaban J connectivity index is 1.41. The number of aromatic nitrogens is 1. The number of rotatable bonds is 2. The van der Waals surface area contributed by atoms with Crippen LogP contribution in [0.25, 0.3) is 32.3 Å². The van der Waals surface area contributed by atoms with E-state index >= 15 is 0 Å². The van der Waals surface area contributed by atoms with Gasteiger partial charge >= 0.3 is 5.63 Å². The normalized spacial score (nSPS) is 20.7. The minimum atomic E-state index is -0.294. The van der Waals surface area contributed by atoms with Crippen molar-refractivity contribution in [2.45, 2.75) is 70.6 Å². The van der Waals surface area contributed by atoms with E-state index in [9.17, 15) is 10.1 Å². The third-order valence-electron chi connectivity index (χ3n) is 9.26. The maximum atomic E-state index is 13.6. The maximum Gasteiger partial charge on any atom is 0.343 e. The van der Waals surface area contributed by atoms with Crippen molar-refractivity contribution in [3.8, 4) is 6.07 Å². The largest absolute Gasteiger partial charge is 0.422 e. The molecule has 2 aromatic carbocycles. The summed E-state index contributed by atoms with van der Waals surface area (Å²) in [5.41, 5.74) is 8.24. The topological polar surface area (TPSA) is 70.1 Å². The highest BCUT2D eigenvalue weighted by molar-refractivity contribution is 7.19. The van der Waals surface area contributed by atoms with Crippen molar-refractivity contribution in [2.24, 2.45) is 0 Å². The number of fused-ring (bicyclic) bond motifs is 3. The summed E-state index contributed by atoms with van der Waals surface area (Å²) in [4.78, 5) is 20.9. The van der Waals surface area contributed by atoms with Crippen LogP contribution < -0.4 is 10.5 Å². The molecule has 4 heterocycles. The molecule has 5 nitrogen and oxygen atoms in total. The number of para-hydroxylation sites is 1. The van der Waals surface area contributed by atoms with Crippen molar-refractivity contribution in [1.82, 2.24) is 4.98 Å². The first-order valence-electron chi connectivity index (χ1n) is 14.3. The highest BCUT2D eigenvalue weighted by Gasteiger charge is 2.42. The van der Waals surface area contributed by atoms with Crippen LogP contribution in [0, 0.1) is 11.3 Å². The van der Waals surface area contributed by atoms with E-state index in [4.69, 9.17) is 9.40 Å². The van der Waals surface area contributed by atoms with E-state index in [2.05, 4.69) is 50.8 Å². The summed E-state index contributed by atoms with van der Waals surface area (Å²) in [6.07, 6.45) is 6.63. The van der Waals surface area contributed by atoms with E-state index in [1.54, 1.807) is 11.3 Å². The summed E-state index contributed by atoms with van der Waals surface area (Å²) in [5, 5.41) is 11.9. The van der Waals surface area contributed by atoms with Gasteiger partial charge in [0.15, 0.2) is 0 Å². The van der Waals surface area contributed by atoms with Gasteiger partial charge in [0.1, 0.15) is 16.7 Å². The third kappa shape index (κ3) is 3.86. The zero-order valence-electron chi connectivity index (χ0n) is 23.6. The summed E-state index contributed by atoms with van der Waals surface area (Å²) >= 11 is 1.54. The minimum Gasteiger partial charge on any atom is -0.422 e. The molecule has 6 heteroatoms. The van der Waals surface area contributed by atoms with Gasteiger partial charge in [-0.1, -0.05) is 45.9 Å². The fourth-order valence-corrected chi connectivity index (χ4v) is 7.84. The highest BCUT2D eigenvalue weighted by atomic mass is 32.1. The molecule has 0 saturated carbocycles. The van der Waals surface area contributed by atoms with Crippen molar-refractivity contribution in [3.63, 3.8) is 0 Å². The summed E-state index contributed by atoms with van der Waals surface area (Å²) in [7, 11) is 0. The molecule has 40 heavy (non-hydrogen) atoms. The van der Waals surface area contributed by atoms with Gasteiger partial charge < -0.3 is 9.32 Å². The molecule has 0 unspecified atom stereocenters. The maximum absolute atomic E-state index is 13.6. The first-order chi connectivity index (χ1) is 19.2. The quantitative estimate of drug-likeness (QED) is 0.187. The second-order valence-electron chi connectivity index (χ2n) is 12.8. The van der Waals surface area contributed by atoms with Crippen LogP contribution in [0.15, 0.2) is 57.3 Å². The van der Waals surface area contributed by atoms with Crippen LogP contribution in [0.5, 0.6) is 0 Å². The van der Waals surface area contributed by atoms with Gasteiger partial charge in [-0.15, -0.1) is 11.3 Å². The fourth-order valence-electron chi connectivity index (χ4n) is 6.84. The molecule has 0 bridgehead atoms. The molecule has 4 aromatic rings. The molecule has 7 rings (SSSR count). The molecular formula is C34H33N3O2S. The van der Waals surface area contributed by atoms with Crippen molar-refractivity contribution < 1.29 is 4.42 Å². The van der Waals surface area contributed by atoms with Crippen molar-refractivity contribution >= 4 is 49.4 Å². The third-order valence-corrected chi connectivity index (χ3v) is 10.3. The van der Waals surface area contributed by atoms with E-state index in [1.807, 2.05) is 30.3 Å². The van der Waals surface area contributed by atoms with E-state index in [1.165, 1.54) is 16.8 Å². The van der Waals surface area contributed by atoms with Gasteiger partial charge in [-0.3, -0.25) is 0 Å². The Bertz CT molecular complexity index is 1840. The van der Waals surface area contributed by atoms with Gasteiger partial charge in [0.2, 0.25) is 0 Å². The number of benzene rings is 2. The molecule has 0 amide bonds. The average Bonchev–Trinajstić information content (AvgIpc) is 3.35. The van der Waals surface area contributed by atoms with Gasteiger partial charge in [-0.2, -0.15) is 5.26 Å². The monoisotopic (exact) mass is 547 g/mol. The smallest absolute Gasteiger partial charge is 0.343 e. The Hall–Kier alpha value is -3.69. The van der Waals surface area contributed by atoms with Gasteiger partial charge in [0, 0.05) is 29.7 Å². The Morgan fingerprint density at radius 2 is 1.85 bits per heavy atom. The summed E-state index contributed by atoms with van der Waals surface area (Å²) < 4.78 is 7.32. The van der Waals surface area contributed by atoms with Crippen LogP contribution in [0.1, 0.15) is 81.5 Å². The molecule has 202 valence electrons. The van der Waals surface area contributed by atoms with Crippen LogP contribution >= 0.6 is 11.3 Å². The Morgan fingerprint density at radius 1 is 1.07 bits per heavy atom. The molecule has 0 radical (unpaired) electrons. The number of nitriles is 1. The predicted molar refractivity (Wildman–Crippen MR) is 164 cm³/mol. The van der Waals surface area contributed by atoms with Gasteiger partial charge in [0.05, 0.1) is 21.4 Å². The lowest BCUT2D eigenvalue weighted by atomic mass is 9.69. The lowest BCUT2D eigenvalue weighted by molar-refractivity contribution is 0.398. The predicted octanol–water partition coefficient (Wildman–Crippen LogP) is 8.12. The summed E-state index contributed by atoms with van der Waals surface area (Å²) in [5.74, 6) is 0. The summed E-state index contributed by atoms with van der Waals surface area (Å²) in [6.45, 7) is 11.3. The zero-order chi connectivity index (χ0) is 27.8. The van der Waals surface area contributed by atoms with Crippen molar-refractivity contribution in [1.29, 1.82) is 5.26 Å². The molecule has 0 spiro atoms. The standard InChI is InChI=1S/C34H33N3O2S/c1-33(2)12-14-37-15-13-34(3,4)28-29(37)25(33)18-22-17-23(32(38)39-30(22)28)20-8-7-9-21(16-20)24(19-35)31-36-26-10-5-6-11-27(26)40-31/h5-6,10-11,16-18H,7-9,12-15H2,1-4H3. The number of hydrogen-bond acceptors (Lipinski definition) is 6. The first kappa shape index (κ1) is 25.3. The molecule has 0 saturated heterocycles. The zero-order valence-corrected chi connectivity index (χ0v) is 24.4. The average molecular weight is 548 g/mol. The number of hydrogen-bond donors (Lipinski definition) is 0. The lowest BCUT2D eigenvalue weighted by Crippen LogP contribution is -2.44. The number of anilines is 1. The van der Waals surface area contributed by atoms with E-state index in [0.717, 1.165) is 82.5 Å². The number of allylic oxidation sites excluding steroid dienone is 4. The molecule has 0 fully saturated rings. The van der Waals surface area contributed by atoms with Crippen LogP contribution in [0.4, 0.5) is 5.69 Å². The molecule has 0 atom stereocenters. The van der Waals surface area contributed by atoms with E-state index < -0.39 is 0 Å². The van der Waals surface area contributed by atoms with Gasteiger partial charge in [0.25, 0.3) is 0 Å². The second-order valence-corrected chi connectivity index (χ2v) is 13.8. The van der Waals surface area contributed by atoms with Crippen LogP contribution in [-0.4, -0.2) is 18.1 Å². The van der Waals surface area contributed by atoms with Crippen molar-refractivity contribution in [2.75, 3.05) is 18.0 Å². The Labute approximate surface area is 238 Å². The molecule has 1 aliphatic carbocycles. The lowest BCUT2D eigenvalue weighted by Gasteiger charge is -2.48. The molecule has 0 N–H and O–H groups in total. The molecule has 3 aliphatic rings. The van der Waals surface area contributed by atoms with E-state index in [0.29, 0.717) is 11.1 Å². The molecule has 2 aliphatic heterocycles. The van der Waals surface area contributed by atoms with Crippen LogP contribution in [0.3, 0.4) is 0 Å². The second kappa shape index (κ2) is 8.91. The molecule has 2 aromatic heterocycles. The Morgan fingerprint density at radius 3 is 2.62 bits per heavy atom. The Kier molecular flexibility index (Phi) is 5.63. The molecular weight excluding hydrogens is 514 g/mol. The van der Waals surface area contributed by atoms with Gasteiger partial charge in [-0.25, -0.2) is 9.78 Å². The van der Waals surface area contributed by atoms with E-state index in [-0.39, 0.29) is 16.5 Å². The SMILES string of the molecule is CC1(C)CCN2CCC(C)(C)c3c2c1cc1cc(C2=CC(=C(C#N)c4nc5ccccc5s4)CCC2)c(=O)oc31. The summed E-state index contributed by atoms with van der Waals surface area (Å²) in [6, 6.07) is 14.7. The van der Waals surface area contributed by atoms with Crippen LogP contribution in [-0.2, 0) is 10.8 Å².